The molecule has 4 aromatic rings. The van der Waals surface area contributed by atoms with E-state index in [1.807, 2.05) is 45.3 Å². The molecule has 0 amide bonds. The molecule has 4 heterocycles. The van der Waals surface area contributed by atoms with Gasteiger partial charge in [0.2, 0.25) is 0 Å². The summed E-state index contributed by atoms with van der Waals surface area (Å²) in [7, 11) is 0. The van der Waals surface area contributed by atoms with E-state index in [0.717, 1.165) is 5.92 Å². The molecular weight excluding hydrogens is 441 g/mol. The second-order valence-corrected chi connectivity index (χ2v) is 12.6. The Bertz CT molecular complexity index is 1190. The zero-order valence-electron chi connectivity index (χ0n) is 18.3. The largest absolute Gasteiger partial charge is 0.139 e. The molecule has 0 aliphatic heterocycles. The minimum absolute atomic E-state index is 0.705. The van der Waals surface area contributed by atoms with Crippen LogP contribution in [-0.4, -0.2) is 0 Å². The predicted octanol–water partition coefficient (Wildman–Crippen LogP) is 10.3. The SMILES string of the molecule is CCC(CC)c1cc(C)c(-c2ccc(-c3ccc(-c4sc5c(c4C)C5CC)s3)s2)s1. The van der Waals surface area contributed by atoms with Gasteiger partial charge in [-0.3, -0.25) is 0 Å². The van der Waals surface area contributed by atoms with E-state index >= 15 is 0 Å². The summed E-state index contributed by atoms with van der Waals surface area (Å²) in [5.74, 6) is 1.48. The van der Waals surface area contributed by atoms with E-state index in [4.69, 9.17) is 0 Å². The molecule has 1 aliphatic carbocycles. The molecule has 5 rings (SSSR count). The molecule has 4 heteroatoms. The van der Waals surface area contributed by atoms with Crippen LogP contribution in [-0.2, 0) is 0 Å². The fourth-order valence-corrected chi connectivity index (χ4v) is 9.97. The quantitative estimate of drug-likeness (QED) is 0.253. The van der Waals surface area contributed by atoms with Gasteiger partial charge in [-0.15, -0.1) is 45.3 Å². The summed E-state index contributed by atoms with van der Waals surface area (Å²) < 4.78 is 0. The monoisotopic (exact) mass is 468 g/mol. The van der Waals surface area contributed by atoms with Crippen molar-refractivity contribution in [2.75, 3.05) is 0 Å². The second kappa shape index (κ2) is 8.05. The van der Waals surface area contributed by atoms with Crippen LogP contribution in [0.15, 0.2) is 30.3 Å². The van der Waals surface area contributed by atoms with Crippen molar-refractivity contribution in [3.63, 3.8) is 0 Å². The van der Waals surface area contributed by atoms with Gasteiger partial charge in [0, 0.05) is 44.9 Å². The average Bonchev–Trinajstić information content (AvgIpc) is 3.26. The summed E-state index contributed by atoms with van der Waals surface area (Å²) >= 11 is 7.95. The topological polar surface area (TPSA) is 0 Å². The summed E-state index contributed by atoms with van der Waals surface area (Å²) in [5.41, 5.74) is 4.61. The third-order valence-electron chi connectivity index (χ3n) is 6.44. The van der Waals surface area contributed by atoms with Gasteiger partial charge < -0.3 is 0 Å². The van der Waals surface area contributed by atoms with Crippen molar-refractivity contribution in [2.24, 2.45) is 0 Å². The van der Waals surface area contributed by atoms with E-state index in [1.54, 1.807) is 15.3 Å². The Balaban J connectivity index is 1.41. The van der Waals surface area contributed by atoms with E-state index in [9.17, 15) is 0 Å². The summed E-state index contributed by atoms with van der Waals surface area (Å²) in [6.07, 6.45) is 3.72. The van der Waals surface area contributed by atoms with Gasteiger partial charge in [-0.25, -0.2) is 0 Å². The molecule has 0 bridgehead atoms. The molecule has 0 N–H and O–H groups in total. The van der Waals surface area contributed by atoms with Crippen LogP contribution in [0.1, 0.15) is 78.3 Å². The number of hydrogen-bond donors (Lipinski definition) is 0. The van der Waals surface area contributed by atoms with E-state index in [2.05, 4.69) is 65.0 Å². The fraction of sp³-hybridized carbons (Fsp3) is 0.385. The van der Waals surface area contributed by atoms with Crippen molar-refractivity contribution in [1.29, 1.82) is 0 Å². The molecule has 30 heavy (non-hydrogen) atoms. The number of hydrogen-bond acceptors (Lipinski definition) is 4. The first-order valence-corrected chi connectivity index (χ1v) is 14.3. The third kappa shape index (κ3) is 3.37. The van der Waals surface area contributed by atoms with Gasteiger partial charge in [0.15, 0.2) is 0 Å². The minimum atomic E-state index is 0.705. The van der Waals surface area contributed by atoms with Crippen molar-refractivity contribution in [1.82, 2.24) is 0 Å². The number of fused-ring (bicyclic) bond motifs is 1. The Morgan fingerprint density at radius 2 is 1.37 bits per heavy atom. The van der Waals surface area contributed by atoms with Crippen LogP contribution in [0.2, 0.25) is 0 Å². The summed E-state index contributed by atoms with van der Waals surface area (Å²) in [4.78, 5) is 11.8. The van der Waals surface area contributed by atoms with Gasteiger partial charge in [0.05, 0.1) is 0 Å². The standard InChI is InChI=1S/C26H28S4/c1-6-16(7-2)22-13-14(4)24(29-22)20-11-9-18(27-20)19-10-12-21(28-19)25-15(5)23-17(8-3)26(23)30-25/h9-13,16-17H,6-8H2,1-5H3. The van der Waals surface area contributed by atoms with E-state index < -0.39 is 0 Å². The third-order valence-corrected chi connectivity index (χ3v) is 12.0. The maximum Gasteiger partial charge on any atom is 0.0478 e. The molecule has 0 radical (unpaired) electrons. The summed E-state index contributed by atoms with van der Waals surface area (Å²) in [6, 6.07) is 11.7. The Labute approximate surface area is 196 Å². The van der Waals surface area contributed by atoms with Crippen LogP contribution in [0.3, 0.4) is 0 Å². The van der Waals surface area contributed by atoms with Gasteiger partial charge in [0.1, 0.15) is 0 Å². The van der Waals surface area contributed by atoms with Crippen LogP contribution < -0.4 is 0 Å². The van der Waals surface area contributed by atoms with Crippen molar-refractivity contribution < 1.29 is 0 Å². The number of thiophene rings is 4. The van der Waals surface area contributed by atoms with Gasteiger partial charge in [0.25, 0.3) is 0 Å². The van der Waals surface area contributed by atoms with Crippen molar-refractivity contribution in [3.05, 3.63) is 56.8 Å². The first-order chi connectivity index (χ1) is 14.5. The lowest BCUT2D eigenvalue weighted by atomic mass is 10.0. The van der Waals surface area contributed by atoms with Gasteiger partial charge >= 0.3 is 0 Å². The highest BCUT2D eigenvalue weighted by molar-refractivity contribution is 7.28. The lowest BCUT2D eigenvalue weighted by molar-refractivity contribution is 0.653. The zero-order valence-corrected chi connectivity index (χ0v) is 21.6. The molecule has 156 valence electrons. The molecular formula is C26H28S4. The number of rotatable bonds is 7. The first kappa shape index (κ1) is 20.7. The second-order valence-electron chi connectivity index (χ2n) is 8.30. The zero-order chi connectivity index (χ0) is 21.0. The van der Waals surface area contributed by atoms with Crippen molar-refractivity contribution >= 4 is 45.3 Å². The molecule has 1 atom stereocenters. The lowest BCUT2D eigenvalue weighted by Gasteiger charge is -2.08. The maximum absolute atomic E-state index is 2.43. The fourth-order valence-electron chi connectivity index (χ4n) is 4.58. The molecule has 0 nitrogen and oxygen atoms in total. The van der Waals surface area contributed by atoms with Crippen LogP contribution in [0.4, 0.5) is 0 Å². The predicted molar refractivity (Wildman–Crippen MR) is 139 cm³/mol. The van der Waals surface area contributed by atoms with E-state index in [-0.39, 0.29) is 0 Å². The van der Waals surface area contributed by atoms with Crippen LogP contribution >= 0.6 is 45.3 Å². The van der Waals surface area contributed by atoms with Gasteiger partial charge in [-0.05, 0) is 86.1 Å². The molecule has 1 unspecified atom stereocenters. The average molecular weight is 469 g/mol. The molecule has 0 saturated heterocycles. The highest BCUT2D eigenvalue weighted by Crippen LogP contribution is 2.57. The molecule has 4 aromatic heterocycles. The lowest BCUT2D eigenvalue weighted by Crippen LogP contribution is -1.90. The molecule has 1 aliphatic rings. The smallest absolute Gasteiger partial charge is 0.0478 e. The van der Waals surface area contributed by atoms with Crippen molar-refractivity contribution in [3.8, 4) is 29.3 Å². The van der Waals surface area contributed by atoms with Crippen LogP contribution in [0, 0.1) is 13.8 Å². The van der Waals surface area contributed by atoms with Crippen molar-refractivity contribution in [2.45, 2.75) is 65.7 Å². The highest BCUT2D eigenvalue weighted by Gasteiger charge is 2.37. The van der Waals surface area contributed by atoms with E-state index in [0.29, 0.717) is 5.92 Å². The number of aryl methyl sites for hydroxylation is 1. The molecule has 0 fully saturated rings. The molecule has 0 saturated carbocycles. The van der Waals surface area contributed by atoms with Gasteiger partial charge in [-0.2, -0.15) is 0 Å². The van der Waals surface area contributed by atoms with E-state index in [1.165, 1.54) is 59.7 Å². The molecule has 0 aromatic carbocycles. The van der Waals surface area contributed by atoms with Crippen LogP contribution in [0.25, 0.3) is 29.3 Å². The Morgan fingerprint density at radius 1 is 0.767 bits per heavy atom. The Hall–Kier alpha value is -1.20. The normalized spacial score (nSPS) is 15.2. The summed E-state index contributed by atoms with van der Waals surface area (Å²) in [6.45, 7) is 11.5. The van der Waals surface area contributed by atoms with Gasteiger partial charge in [-0.1, -0.05) is 20.8 Å². The highest BCUT2D eigenvalue weighted by atomic mass is 32.1. The Morgan fingerprint density at radius 3 is 1.90 bits per heavy atom. The Kier molecular flexibility index (Phi) is 5.55. The summed E-state index contributed by atoms with van der Waals surface area (Å²) in [5, 5.41) is 0. The van der Waals surface area contributed by atoms with Crippen LogP contribution in [0.5, 0.6) is 0 Å². The maximum atomic E-state index is 2.43. The molecule has 0 spiro atoms. The first-order valence-electron chi connectivity index (χ1n) is 11.0. The minimum Gasteiger partial charge on any atom is -0.139 e.